The molecule has 1 aliphatic carbocycles. The summed E-state index contributed by atoms with van der Waals surface area (Å²) in [6, 6.07) is 1.74. The van der Waals surface area contributed by atoms with Crippen molar-refractivity contribution in [1.29, 1.82) is 0 Å². The fourth-order valence-electron chi connectivity index (χ4n) is 3.25. The molecule has 2 N–H and O–H groups in total. The minimum absolute atomic E-state index is 0.0883. The Hall–Kier alpha value is -2.08. The highest BCUT2D eigenvalue weighted by molar-refractivity contribution is 5.86. The molecule has 0 radical (unpaired) electrons. The lowest BCUT2D eigenvalue weighted by atomic mass is 9.82. The smallest absolute Gasteiger partial charge is 0.431 e. The summed E-state index contributed by atoms with van der Waals surface area (Å²) >= 11 is 0. The van der Waals surface area contributed by atoms with E-state index in [1.54, 1.807) is 26.1 Å². The largest absolute Gasteiger partial charge is 0.515 e. The maximum Gasteiger partial charge on any atom is 0.515 e. The average molecular weight is 318 g/mol. The highest BCUT2D eigenvalue weighted by Gasteiger charge is 2.28. The first-order valence-electron chi connectivity index (χ1n) is 8.02. The van der Waals surface area contributed by atoms with Gasteiger partial charge in [-0.2, -0.15) is 0 Å². The van der Waals surface area contributed by atoms with E-state index in [0.717, 1.165) is 41.4 Å². The molecule has 6 nitrogen and oxygen atoms in total. The number of carbonyl (C=O) groups is 1. The van der Waals surface area contributed by atoms with E-state index in [1.807, 2.05) is 6.92 Å². The predicted octanol–water partition coefficient (Wildman–Crippen LogP) is 3.29. The lowest BCUT2D eigenvalue weighted by molar-refractivity contribution is 0.0716. The van der Waals surface area contributed by atoms with Gasteiger partial charge in [-0.3, -0.25) is 0 Å². The van der Waals surface area contributed by atoms with Gasteiger partial charge in [-0.15, -0.1) is 0 Å². The van der Waals surface area contributed by atoms with E-state index in [4.69, 9.17) is 9.47 Å². The first-order chi connectivity index (χ1) is 11.0. The number of aliphatic hydroxyl groups excluding tert-OH is 1. The van der Waals surface area contributed by atoms with Crippen LogP contribution in [0.2, 0.25) is 0 Å². The van der Waals surface area contributed by atoms with E-state index in [0.29, 0.717) is 0 Å². The quantitative estimate of drug-likeness (QED) is 0.848. The first kappa shape index (κ1) is 15.8. The van der Waals surface area contributed by atoms with E-state index < -0.39 is 12.3 Å². The molecule has 23 heavy (non-hydrogen) atoms. The molecule has 124 valence electrons. The number of ether oxygens (including phenoxy) is 2. The van der Waals surface area contributed by atoms with Crippen molar-refractivity contribution in [1.82, 2.24) is 9.97 Å². The Kier molecular flexibility index (Phi) is 4.26. The third-order valence-corrected chi connectivity index (χ3v) is 4.19. The number of carbonyl (C=O) groups excluding carboxylic acids is 1. The Balaban J connectivity index is 1.96. The fourth-order valence-corrected chi connectivity index (χ4v) is 3.25. The highest BCUT2D eigenvalue weighted by Crippen LogP contribution is 2.39. The number of aryl methyl sites for hydroxylation is 1. The van der Waals surface area contributed by atoms with Crippen LogP contribution in [0, 0.1) is 0 Å². The van der Waals surface area contributed by atoms with Gasteiger partial charge in [0, 0.05) is 23.1 Å². The van der Waals surface area contributed by atoms with Gasteiger partial charge in [0.2, 0.25) is 5.88 Å². The topological polar surface area (TPSA) is 84.4 Å². The zero-order valence-corrected chi connectivity index (χ0v) is 13.6. The van der Waals surface area contributed by atoms with E-state index >= 15 is 0 Å². The number of aromatic amines is 1. The summed E-state index contributed by atoms with van der Waals surface area (Å²) in [7, 11) is 0. The van der Waals surface area contributed by atoms with Gasteiger partial charge in [-0.1, -0.05) is 0 Å². The lowest BCUT2D eigenvalue weighted by Crippen LogP contribution is -2.19. The summed E-state index contributed by atoms with van der Waals surface area (Å²) in [6.07, 6.45) is 3.19. The molecule has 2 aromatic heterocycles. The number of hydrogen-bond donors (Lipinski definition) is 2. The van der Waals surface area contributed by atoms with E-state index in [1.165, 1.54) is 0 Å². The molecule has 0 saturated carbocycles. The molecule has 0 saturated heterocycles. The van der Waals surface area contributed by atoms with Crippen LogP contribution >= 0.6 is 0 Å². The molecule has 2 aromatic rings. The van der Waals surface area contributed by atoms with Crippen molar-refractivity contribution < 1.29 is 19.4 Å². The molecule has 0 aliphatic heterocycles. The average Bonchev–Trinajstić information content (AvgIpc) is 2.84. The number of aromatic nitrogens is 2. The number of H-pyrrole nitrogens is 1. The van der Waals surface area contributed by atoms with Crippen LogP contribution in [0.4, 0.5) is 4.79 Å². The van der Waals surface area contributed by atoms with Gasteiger partial charge in [-0.05, 0) is 45.6 Å². The molecular formula is C17H22N2O4. The number of rotatable bonds is 3. The second-order valence-corrected chi connectivity index (χ2v) is 6.34. The van der Waals surface area contributed by atoms with Crippen molar-refractivity contribution in [3.05, 3.63) is 23.5 Å². The molecule has 0 amide bonds. The maximum absolute atomic E-state index is 11.6. The second kappa shape index (κ2) is 6.20. The zero-order valence-electron chi connectivity index (χ0n) is 13.6. The van der Waals surface area contributed by atoms with Gasteiger partial charge in [0.25, 0.3) is 0 Å². The van der Waals surface area contributed by atoms with E-state index in [-0.39, 0.29) is 17.9 Å². The summed E-state index contributed by atoms with van der Waals surface area (Å²) in [6.45, 7) is 5.33. The SMILES string of the molecule is CC(C)OC(=O)Oc1cc2c3c([nH]c2cn1)CCCC3C(C)O. The van der Waals surface area contributed by atoms with Crippen molar-refractivity contribution in [2.75, 3.05) is 0 Å². The summed E-state index contributed by atoms with van der Waals surface area (Å²) in [4.78, 5) is 19.1. The minimum atomic E-state index is -0.761. The zero-order chi connectivity index (χ0) is 16.6. The van der Waals surface area contributed by atoms with E-state index in [2.05, 4.69) is 9.97 Å². The minimum Gasteiger partial charge on any atom is -0.431 e. The maximum atomic E-state index is 11.6. The number of pyridine rings is 1. The standard InChI is InChI=1S/C17H22N2O4/c1-9(2)22-17(21)23-15-7-12-14(8-18-15)19-13-6-4-5-11(10(3)20)16(12)13/h7-11,19-20H,4-6H2,1-3H3. The highest BCUT2D eigenvalue weighted by atomic mass is 16.7. The number of aliphatic hydroxyl groups is 1. The van der Waals surface area contributed by atoms with Crippen molar-refractivity contribution in [3.8, 4) is 5.88 Å². The predicted molar refractivity (Wildman–Crippen MR) is 85.7 cm³/mol. The Bertz CT molecular complexity index is 721. The van der Waals surface area contributed by atoms with Gasteiger partial charge in [0.1, 0.15) is 0 Å². The van der Waals surface area contributed by atoms with Crippen LogP contribution < -0.4 is 4.74 Å². The lowest BCUT2D eigenvalue weighted by Gasteiger charge is -2.25. The third-order valence-electron chi connectivity index (χ3n) is 4.19. The van der Waals surface area contributed by atoms with Crippen LogP contribution in [-0.4, -0.2) is 33.4 Å². The first-order valence-corrected chi connectivity index (χ1v) is 8.02. The molecule has 0 spiro atoms. The van der Waals surface area contributed by atoms with Crippen molar-refractivity contribution in [3.63, 3.8) is 0 Å². The van der Waals surface area contributed by atoms with Crippen LogP contribution in [0.1, 0.15) is 50.8 Å². The summed E-state index contributed by atoms with van der Waals surface area (Å²) < 4.78 is 10.1. The van der Waals surface area contributed by atoms with Crippen molar-refractivity contribution >= 4 is 17.1 Å². The van der Waals surface area contributed by atoms with Crippen molar-refractivity contribution in [2.24, 2.45) is 0 Å². The Morgan fingerprint density at radius 1 is 1.43 bits per heavy atom. The van der Waals surface area contributed by atoms with Crippen LogP contribution in [0.5, 0.6) is 5.88 Å². The monoisotopic (exact) mass is 318 g/mol. The molecule has 0 bridgehead atoms. The van der Waals surface area contributed by atoms with Crippen LogP contribution in [0.15, 0.2) is 12.3 Å². The van der Waals surface area contributed by atoms with Gasteiger partial charge >= 0.3 is 6.16 Å². The molecule has 2 atom stereocenters. The summed E-state index contributed by atoms with van der Waals surface area (Å²) in [5, 5.41) is 11.0. The molecule has 2 heterocycles. The molecular weight excluding hydrogens is 296 g/mol. The second-order valence-electron chi connectivity index (χ2n) is 6.34. The Morgan fingerprint density at radius 2 is 2.22 bits per heavy atom. The van der Waals surface area contributed by atoms with Gasteiger partial charge in [0.05, 0.1) is 23.9 Å². The van der Waals surface area contributed by atoms with Crippen LogP contribution in [0.25, 0.3) is 10.9 Å². The van der Waals surface area contributed by atoms with E-state index in [9.17, 15) is 9.90 Å². The fraction of sp³-hybridized carbons (Fsp3) is 0.529. The molecule has 3 rings (SSSR count). The number of nitrogens with zero attached hydrogens (tertiary/aromatic N) is 1. The summed E-state index contributed by atoms with van der Waals surface area (Å²) in [5.41, 5.74) is 3.15. The van der Waals surface area contributed by atoms with Gasteiger partial charge in [0.15, 0.2) is 0 Å². The van der Waals surface area contributed by atoms with Gasteiger partial charge in [-0.25, -0.2) is 9.78 Å². The molecule has 0 fully saturated rings. The molecule has 6 heteroatoms. The molecule has 1 aliphatic rings. The summed E-state index contributed by atoms with van der Waals surface area (Å²) in [5.74, 6) is 0.297. The number of fused-ring (bicyclic) bond motifs is 3. The van der Waals surface area contributed by atoms with Crippen LogP contribution in [-0.2, 0) is 11.2 Å². The molecule has 2 unspecified atom stereocenters. The number of nitrogens with one attached hydrogen (secondary N) is 1. The Morgan fingerprint density at radius 3 is 2.91 bits per heavy atom. The van der Waals surface area contributed by atoms with Gasteiger partial charge < -0.3 is 19.6 Å². The molecule has 0 aromatic carbocycles. The number of hydrogen-bond acceptors (Lipinski definition) is 5. The normalized spacial score (nSPS) is 18.7. The van der Waals surface area contributed by atoms with Crippen LogP contribution in [0.3, 0.4) is 0 Å². The third kappa shape index (κ3) is 3.17. The van der Waals surface area contributed by atoms with Crippen molar-refractivity contribution in [2.45, 2.75) is 58.2 Å². The Labute approximate surface area is 134 Å².